The van der Waals surface area contributed by atoms with Crippen LogP contribution in [0.25, 0.3) is 0 Å². The average molecular weight is 1430 g/mol. The van der Waals surface area contributed by atoms with Crippen molar-refractivity contribution in [3.63, 3.8) is 0 Å². The zero-order valence-corrected chi connectivity index (χ0v) is 64.8. The molecule has 19 heteroatoms. The fourth-order valence-electron chi connectivity index (χ4n) is 11.4. The van der Waals surface area contributed by atoms with Gasteiger partial charge >= 0.3 is 39.5 Å². The molecular formula is C79H148O17P2. The summed E-state index contributed by atoms with van der Waals surface area (Å²) in [7, 11) is -9.93. The molecule has 3 N–H and O–H groups in total. The predicted octanol–water partition coefficient (Wildman–Crippen LogP) is 23.1. The second kappa shape index (κ2) is 72.6. The zero-order valence-electron chi connectivity index (χ0n) is 63.0. The van der Waals surface area contributed by atoms with Crippen LogP contribution in [0, 0.1) is 0 Å². The van der Waals surface area contributed by atoms with Crippen molar-refractivity contribution < 1.29 is 80.2 Å². The minimum atomic E-state index is -4.97. The molecule has 0 saturated heterocycles. The molecule has 0 aliphatic heterocycles. The number of aliphatic hydroxyl groups excluding tert-OH is 1. The molecule has 0 fully saturated rings. The van der Waals surface area contributed by atoms with E-state index in [0.717, 1.165) is 135 Å². The molecule has 0 amide bonds. The summed E-state index contributed by atoms with van der Waals surface area (Å²) in [6.07, 6.45) is 68.3. The number of hydrogen-bond donors (Lipinski definition) is 3. The van der Waals surface area contributed by atoms with Gasteiger partial charge in [0, 0.05) is 25.7 Å². The highest BCUT2D eigenvalue weighted by Crippen LogP contribution is 2.45. The molecule has 2 unspecified atom stereocenters. The van der Waals surface area contributed by atoms with Gasteiger partial charge < -0.3 is 33.8 Å². The summed E-state index contributed by atoms with van der Waals surface area (Å²) in [5, 5.41) is 10.6. The van der Waals surface area contributed by atoms with Crippen molar-refractivity contribution >= 4 is 39.5 Å². The first-order chi connectivity index (χ1) is 47.7. The Bertz CT molecular complexity index is 2000. The van der Waals surface area contributed by atoms with Crippen molar-refractivity contribution in [3.8, 4) is 0 Å². The lowest BCUT2D eigenvalue weighted by Crippen LogP contribution is -2.30. The summed E-state index contributed by atoms with van der Waals surface area (Å²) in [6, 6.07) is 0. The molecule has 0 aromatic heterocycles. The van der Waals surface area contributed by atoms with Gasteiger partial charge in [0.15, 0.2) is 12.2 Å². The number of phosphoric acid groups is 2. The summed E-state index contributed by atoms with van der Waals surface area (Å²) >= 11 is 0. The SMILES string of the molecule is CCCCCC/C=C\CCCCCCCCCC(=O)OC[C@H](COP(=O)(O)OC[C@@H](O)COP(=O)(O)OC[C@@H](COC(=O)CCCCCCCCCCCCCCCCC)OC(=O)CCCCCCC/C=C\CCCCCCCC)OC(=O)CCCCCCC/C=C\CCCCCC. The summed E-state index contributed by atoms with van der Waals surface area (Å²) in [6.45, 7) is 4.91. The number of allylic oxidation sites excluding steroid dienone is 6. The second-order valence-corrected chi connectivity index (χ2v) is 30.3. The van der Waals surface area contributed by atoms with Crippen molar-refractivity contribution in [1.29, 1.82) is 0 Å². The highest BCUT2D eigenvalue weighted by molar-refractivity contribution is 7.47. The van der Waals surface area contributed by atoms with Crippen molar-refractivity contribution in [2.75, 3.05) is 39.6 Å². The van der Waals surface area contributed by atoms with E-state index in [9.17, 15) is 43.2 Å². The van der Waals surface area contributed by atoms with E-state index in [-0.39, 0.29) is 25.7 Å². The maximum atomic E-state index is 13.1. The molecule has 576 valence electrons. The number of unbranched alkanes of at least 4 members (excludes halogenated alkanes) is 45. The Labute approximate surface area is 598 Å². The van der Waals surface area contributed by atoms with Gasteiger partial charge in [0.2, 0.25) is 0 Å². The Morgan fingerprint density at radius 2 is 0.469 bits per heavy atom. The number of ether oxygens (including phenoxy) is 4. The van der Waals surface area contributed by atoms with Gasteiger partial charge in [0.05, 0.1) is 26.4 Å². The summed E-state index contributed by atoms with van der Waals surface area (Å²) in [5.74, 6) is -2.15. The molecule has 0 bridgehead atoms. The van der Waals surface area contributed by atoms with Crippen LogP contribution in [0.1, 0.15) is 387 Å². The quantitative estimate of drug-likeness (QED) is 0.0169. The van der Waals surface area contributed by atoms with Gasteiger partial charge in [-0.3, -0.25) is 37.3 Å². The van der Waals surface area contributed by atoms with Gasteiger partial charge in [-0.25, -0.2) is 9.13 Å². The molecule has 0 heterocycles. The van der Waals surface area contributed by atoms with E-state index < -0.39 is 97.5 Å². The number of phosphoric ester groups is 2. The predicted molar refractivity (Wildman–Crippen MR) is 400 cm³/mol. The monoisotopic (exact) mass is 1430 g/mol. The summed E-state index contributed by atoms with van der Waals surface area (Å²) in [4.78, 5) is 72.9. The average Bonchev–Trinajstić information content (AvgIpc) is 0.959. The summed E-state index contributed by atoms with van der Waals surface area (Å²) < 4.78 is 68.6. The van der Waals surface area contributed by atoms with E-state index in [4.69, 9.17) is 37.0 Å². The number of hydrogen-bond acceptors (Lipinski definition) is 15. The van der Waals surface area contributed by atoms with Gasteiger partial charge in [0.25, 0.3) is 0 Å². The summed E-state index contributed by atoms with van der Waals surface area (Å²) in [5.41, 5.74) is 0. The standard InChI is InChI=1S/C79H148O17P2/c1-5-9-13-17-21-25-29-33-36-40-43-47-51-55-59-63-76(81)89-69-74(95-78(83)65-61-57-53-49-45-39-32-28-24-20-16-12-8-4)71-93-97(85,86)91-67-73(80)68-92-98(87,88)94-72-75(96-79(84)66-62-58-54-50-46-42-38-35-31-27-23-19-15-11-7-3)70-90-77(82)64-60-56-52-48-44-41-37-34-30-26-22-18-14-10-6-2/h25,28-29,32,35,38,73-75,80H,5-24,26-27,30-31,33-34,36-37,39-72H2,1-4H3,(H,85,86)(H,87,88)/b29-25-,32-28-,38-35-/t73-,74-,75-/m1/s1. The molecule has 5 atom stereocenters. The fourth-order valence-corrected chi connectivity index (χ4v) is 13.0. The third-order valence-corrected chi connectivity index (χ3v) is 19.5. The van der Waals surface area contributed by atoms with Crippen LogP contribution in [-0.2, 0) is 65.4 Å². The number of carbonyl (C=O) groups is 4. The third kappa shape index (κ3) is 71.7. The topological polar surface area (TPSA) is 237 Å². The van der Waals surface area contributed by atoms with E-state index in [0.29, 0.717) is 25.7 Å². The molecule has 0 saturated carbocycles. The van der Waals surface area contributed by atoms with Crippen LogP contribution in [0.3, 0.4) is 0 Å². The van der Waals surface area contributed by atoms with Gasteiger partial charge in [-0.15, -0.1) is 0 Å². The first kappa shape index (κ1) is 95.3. The van der Waals surface area contributed by atoms with Gasteiger partial charge in [-0.2, -0.15) is 0 Å². The molecule has 98 heavy (non-hydrogen) atoms. The first-order valence-electron chi connectivity index (χ1n) is 40.2. The van der Waals surface area contributed by atoms with E-state index in [1.54, 1.807) is 0 Å². The van der Waals surface area contributed by atoms with Crippen molar-refractivity contribution in [2.45, 2.75) is 406 Å². The van der Waals surface area contributed by atoms with Gasteiger partial charge in [-0.05, 0) is 103 Å². The Kier molecular flexibility index (Phi) is 70.6. The number of carbonyl (C=O) groups excluding carboxylic acids is 4. The highest BCUT2D eigenvalue weighted by Gasteiger charge is 2.30. The smallest absolute Gasteiger partial charge is 0.462 e. The maximum Gasteiger partial charge on any atom is 0.472 e. The lowest BCUT2D eigenvalue weighted by atomic mass is 10.0. The van der Waals surface area contributed by atoms with Gasteiger partial charge in [-0.1, -0.05) is 295 Å². The Morgan fingerprint density at radius 3 is 0.714 bits per heavy atom. The molecule has 0 aromatic carbocycles. The molecule has 0 aliphatic rings. The lowest BCUT2D eigenvalue weighted by molar-refractivity contribution is -0.161. The van der Waals surface area contributed by atoms with Crippen LogP contribution < -0.4 is 0 Å². The van der Waals surface area contributed by atoms with E-state index in [1.807, 2.05) is 0 Å². The van der Waals surface area contributed by atoms with Crippen LogP contribution in [-0.4, -0.2) is 96.7 Å². The van der Waals surface area contributed by atoms with E-state index in [1.165, 1.54) is 173 Å². The van der Waals surface area contributed by atoms with Crippen molar-refractivity contribution in [3.05, 3.63) is 36.5 Å². The Morgan fingerprint density at radius 1 is 0.276 bits per heavy atom. The maximum absolute atomic E-state index is 13.1. The molecule has 0 radical (unpaired) electrons. The number of rotatable bonds is 77. The van der Waals surface area contributed by atoms with Gasteiger partial charge in [0.1, 0.15) is 19.3 Å². The largest absolute Gasteiger partial charge is 0.472 e. The highest BCUT2D eigenvalue weighted by atomic mass is 31.2. The molecule has 0 aliphatic carbocycles. The molecular weight excluding hydrogens is 1280 g/mol. The van der Waals surface area contributed by atoms with Crippen molar-refractivity contribution in [1.82, 2.24) is 0 Å². The van der Waals surface area contributed by atoms with E-state index >= 15 is 0 Å². The lowest BCUT2D eigenvalue weighted by Gasteiger charge is -2.21. The minimum absolute atomic E-state index is 0.0901. The second-order valence-electron chi connectivity index (χ2n) is 27.4. The molecule has 0 spiro atoms. The normalized spacial score (nSPS) is 14.1. The zero-order chi connectivity index (χ0) is 71.8. The number of esters is 4. The van der Waals surface area contributed by atoms with E-state index in [2.05, 4.69) is 64.2 Å². The first-order valence-corrected chi connectivity index (χ1v) is 43.2. The Hall–Kier alpha value is -2.72. The Balaban J connectivity index is 5.31. The molecule has 0 aromatic rings. The number of aliphatic hydroxyl groups is 1. The van der Waals surface area contributed by atoms with Crippen LogP contribution in [0.2, 0.25) is 0 Å². The van der Waals surface area contributed by atoms with Crippen LogP contribution in [0.5, 0.6) is 0 Å². The van der Waals surface area contributed by atoms with Crippen LogP contribution >= 0.6 is 15.6 Å². The van der Waals surface area contributed by atoms with Crippen LogP contribution in [0.15, 0.2) is 36.5 Å². The third-order valence-electron chi connectivity index (χ3n) is 17.6. The molecule has 17 nitrogen and oxygen atoms in total. The fraction of sp³-hybridized carbons (Fsp3) is 0.873. The van der Waals surface area contributed by atoms with Crippen LogP contribution in [0.4, 0.5) is 0 Å². The van der Waals surface area contributed by atoms with Crippen molar-refractivity contribution in [2.24, 2.45) is 0 Å². The molecule has 0 rings (SSSR count). The minimum Gasteiger partial charge on any atom is -0.462 e.